The lowest BCUT2D eigenvalue weighted by Crippen LogP contribution is -2.20. The molecule has 2 N–H and O–H groups in total. The van der Waals surface area contributed by atoms with Crippen LogP contribution in [-0.2, 0) is 6.54 Å². The SMILES string of the molecule is CN(Cc1cccc(F)c1)c1nc(N)nc(Cl)n1. The van der Waals surface area contributed by atoms with Crippen molar-refractivity contribution in [3.05, 3.63) is 40.9 Å². The van der Waals surface area contributed by atoms with Crippen molar-refractivity contribution in [2.24, 2.45) is 0 Å². The van der Waals surface area contributed by atoms with Gasteiger partial charge in [0.25, 0.3) is 0 Å². The molecule has 0 atom stereocenters. The van der Waals surface area contributed by atoms with Gasteiger partial charge in [-0.3, -0.25) is 0 Å². The Balaban J connectivity index is 2.19. The highest BCUT2D eigenvalue weighted by atomic mass is 35.5. The molecule has 0 amide bonds. The number of nitrogens with zero attached hydrogens (tertiary/aromatic N) is 4. The highest BCUT2D eigenvalue weighted by molar-refractivity contribution is 6.28. The topological polar surface area (TPSA) is 67.9 Å². The lowest BCUT2D eigenvalue weighted by atomic mass is 10.2. The van der Waals surface area contributed by atoms with Gasteiger partial charge in [0.15, 0.2) is 0 Å². The van der Waals surface area contributed by atoms with Gasteiger partial charge in [-0.15, -0.1) is 0 Å². The van der Waals surface area contributed by atoms with Crippen molar-refractivity contribution in [1.82, 2.24) is 15.0 Å². The first-order valence-corrected chi connectivity index (χ1v) is 5.55. The predicted molar refractivity (Wildman–Crippen MR) is 67.8 cm³/mol. The van der Waals surface area contributed by atoms with E-state index in [0.717, 1.165) is 5.56 Å². The van der Waals surface area contributed by atoms with E-state index >= 15 is 0 Å². The zero-order valence-electron chi connectivity index (χ0n) is 9.64. The molecule has 0 saturated heterocycles. The molecule has 1 aromatic carbocycles. The average molecular weight is 268 g/mol. The summed E-state index contributed by atoms with van der Waals surface area (Å²) < 4.78 is 13.0. The number of aromatic nitrogens is 3. The Hall–Kier alpha value is -1.95. The Morgan fingerprint density at radius 2 is 2.11 bits per heavy atom. The third kappa shape index (κ3) is 3.04. The van der Waals surface area contributed by atoms with Crippen LogP contribution in [0.4, 0.5) is 16.3 Å². The van der Waals surface area contributed by atoms with E-state index in [1.165, 1.54) is 12.1 Å². The van der Waals surface area contributed by atoms with Crippen LogP contribution in [0.1, 0.15) is 5.56 Å². The standard InChI is InChI=1S/C11H11ClFN5/c1-18(6-7-3-2-4-8(13)5-7)11-16-9(12)15-10(14)17-11/h2-5H,6H2,1H3,(H2,14,15,16,17). The lowest BCUT2D eigenvalue weighted by Gasteiger charge is -2.17. The Morgan fingerprint density at radius 1 is 1.33 bits per heavy atom. The zero-order chi connectivity index (χ0) is 13.1. The number of benzene rings is 1. The Morgan fingerprint density at radius 3 is 2.78 bits per heavy atom. The predicted octanol–water partition coefficient (Wildman–Crippen LogP) is 1.88. The first kappa shape index (κ1) is 12.5. The van der Waals surface area contributed by atoms with Crippen molar-refractivity contribution in [1.29, 1.82) is 0 Å². The van der Waals surface area contributed by atoms with Gasteiger partial charge in [0, 0.05) is 13.6 Å². The van der Waals surface area contributed by atoms with Crippen molar-refractivity contribution in [3.63, 3.8) is 0 Å². The molecule has 2 rings (SSSR count). The van der Waals surface area contributed by atoms with E-state index in [2.05, 4.69) is 15.0 Å². The number of halogens is 2. The Kier molecular flexibility index (Phi) is 3.57. The van der Waals surface area contributed by atoms with Crippen LogP contribution in [0, 0.1) is 5.82 Å². The second kappa shape index (κ2) is 5.14. The quantitative estimate of drug-likeness (QED) is 0.920. The minimum atomic E-state index is -0.283. The van der Waals surface area contributed by atoms with Crippen LogP contribution in [0.5, 0.6) is 0 Å². The van der Waals surface area contributed by atoms with Crippen LogP contribution in [0.3, 0.4) is 0 Å². The fraction of sp³-hybridized carbons (Fsp3) is 0.182. The first-order valence-electron chi connectivity index (χ1n) is 5.17. The van der Waals surface area contributed by atoms with Gasteiger partial charge in [-0.25, -0.2) is 4.39 Å². The minimum Gasteiger partial charge on any atom is -0.368 e. The van der Waals surface area contributed by atoms with Crippen LogP contribution in [0.15, 0.2) is 24.3 Å². The van der Waals surface area contributed by atoms with Crippen molar-refractivity contribution >= 4 is 23.5 Å². The van der Waals surface area contributed by atoms with E-state index in [-0.39, 0.29) is 17.0 Å². The van der Waals surface area contributed by atoms with Gasteiger partial charge in [-0.1, -0.05) is 12.1 Å². The molecule has 5 nitrogen and oxygen atoms in total. The number of hydrogen-bond acceptors (Lipinski definition) is 5. The van der Waals surface area contributed by atoms with E-state index in [4.69, 9.17) is 17.3 Å². The molecule has 0 bridgehead atoms. The van der Waals surface area contributed by atoms with E-state index < -0.39 is 0 Å². The molecule has 0 radical (unpaired) electrons. The summed E-state index contributed by atoms with van der Waals surface area (Å²) >= 11 is 5.69. The first-order chi connectivity index (χ1) is 8.54. The molecule has 0 saturated carbocycles. The molecule has 0 unspecified atom stereocenters. The zero-order valence-corrected chi connectivity index (χ0v) is 10.4. The summed E-state index contributed by atoms with van der Waals surface area (Å²) in [5, 5.41) is 0.0311. The van der Waals surface area contributed by atoms with Crippen LogP contribution < -0.4 is 10.6 Å². The summed E-state index contributed by atoms with van der Waals surface area (Å²) in [7, 11) is 1.76. The molecule has 1 aromatic heterocycles. The smallest absolute Gasteiger partial charge is 0.231 e. The summed E-state index contributed by atoms with van der Waals surface area (Å²) in [6.45, 7) is 0.442. The fourth-order valence-corrected chi connectivity index (χ4v) is 1.67. The van der Waals surface area contributed by atoms with Gasteiger partial charge in [0.1, 0.15) is 5.82 Å². The number of rotatable bonds is 3. The molecule has 2 aromatic rings. The monoisotopic (exact) mass is 267 g/mol. The number of nitrogens with two attached hydrogens (primary N) is 1. The molecule has 0 spiro atoms. The third-order valence-corrected chi connectivity index (χ3v) is 2.43. The molecular weight excluding hydrogens is 257 g/mol. The third-order valence-electron chi connectivity index (χ3n) is 2.26. The van der Waals surface area contributed by atoms with Crippen LogP contribution in [-0.4, -0.2) is 22.0 Å². The van der Waals surface area contributed by atoms with Crippen molar-refractivity contribution < 1.29 is 4.39 Å². The molecule has 18 heavy (non-hydrogen) atoms. The van der Waals surface area contributed by atoms with Crippen molar-refractivity contribution in [2.45, 2.75) is 6.54 Å². The normalized spacial score (nSPS) is 10.4. The van der Waals surface area contributed by atoms with Crippen LogP contribution in [0.2, 0.25) is 5.28 Å². The molecule has 0 fully saturated rings. The van der Waals surface area contributed by atoms with Crippen LogP contribution >= 0.6 is 11.6 Å². The second-order valence-corrected chi connectivity index (χ2v) is 4.09. The molecule has 1 heterocycles. The highest BCUT2D eigenvalue weighted by Crippen LogP contribution is 2.14. The fourth-order valence-electron chi connectivity index (χ4n) is 1.51. The maximum Gasteiger partial charge on any atom is 0.231 e. The van der Waals surface area contributed by atoms with E-state index in [9.17, 15) is 4.39 Å². The summed E-state index contributed by atoms with van der Waals surface area (Å²) in [6.07, 6.45) is 0. The second-order valence-electron chi connectivity index (χ2n) is 3.75. The highest BCUT2D eigenvalue weighted by Gasteiger charge is 2.08. The van der Waals surface area contributed by atoms with Crippen molar-refractivity contribution in [3.8, 4) is 0 Å². The van der Waals surface area contributed by atoms with Gasteiger partial charge in [-0.05, 0) is 29.3 Å². The molecule has 94 valence electrons. The van der Waals surface area contributed by atoms with E-state index in [1.807, 2.05) is 6.07 Å². The molecule has 0 aliphatic heterocycles. The van der Waals surface area contributed by atoms with E-state index in [0.29, 0.717) is 12.5 Å². The summed E-state index contributed by atoms with van der Waals surface area (Å²) in [6, 6.07) is 6.29. The van der Waals surface area contributed by atoms with Crippen LogP contribution in [0.25, 0.3) is 0 Å². The number of anilines is 2. The van der Waals surface area contributed by atoms with Gasteiger partial charge < -0.3 is 10.6 Å². The van der Waals surface area contributed by atoms with Gasteiger partial charge in [0.2, 0.25) is 17.2 Å². The number of nitrogen functional groups attached to an aromatic ring is 1. The van der Waals surface area contributed by atoms with E-state index in [1.54, 1.807) is 18.0 Å². The molecule has 0 aliphatic rings. The maximum absolute atomic E-state index is 13.0. The maximum atomic E-state index is 13.0. The Bertz CT molecular complexity index is 543. The van der Waals surface area contributed by atoms with Crippen molar-refractivity contribution in [2.75, 3.05) is 17.7 Å². The molecular formula is C11H11ClFN5. The van der Waals surface area contributed by atoms with Gasteiger partial charge in [0.05, 0.1) is 0 Å². The van der Waals surface area contributed by atoms with Gasteiger partial charge in [-0.2, -0.15) is 15.0 Å². The summed E-state index contributed by atoms with van der Waals surface area (Å²) in [5.41, 5.74) is 6.28. The summed E-state index contributed by atoms with van der Waals surface area (Å²) in [5.74, 6) is 0.113. The number of hydrogen-bond donors (Lipinski definition) is 1. The Labute approximate surface area is 108 Å². The van der Waals surface area contributed by atoms with Gasteiger partial charge >= 0.3 is 0 Å². The minimum absolute atomic E-state index is 0.0311. The molecule has 7 heteroatoms. The summed E-state index contributed by atoms with van der Waals surface area (Å²) in [4.78, 5) is 13.3. The lowest BCUT2D eigenvalue weighted by molar-refractivity contribution is 0.625. The molecule has 0 aliphatic carbocycles. The largest absolute Gasteiger partial charge is 0.368 e. The average Bonchev–Trinajstić information content (AvgIpc) is 2.27.